The Morgan fingerprint density at radius 3 is 1.09 bits per heavy atom. The molecule has 0 spiro atoms. The predicted molar refractivity (Wildman–Crippen MR) is 157 cm³/mol. The van der Waals surface area contributed by atoms with E-state index in [1.165, 1.54) is 48.5 Å². The molecular formula is C34H15BF10Te. The molecule has 0 saturated heterocycles. The van der Waals surface area contributed by atoms with Crippen molar-refractivity contribution in [3.8, 4) is 0 Å². The first-order valence-corrected chi connectivity index (χ1v) is 15.7. The van der Waals surface area contributed by atoms with Gasteiger partial charge < -0.3 is 0 Å². The molecule has 1 aliphatic heterocycles. The van der Waals surface area contributed by atoms with Crippen molar-refractivity contribution in [1.29, 1.82) is 0 Å². The van der Waals surface area contributed by atoms with E-state index in [9.17, 15) is 26.3 Å². The van der Waals surface area contributed by atoms with Gasteiger partial charge in [-0.15, -0.1) is 0 Å². The second kappa shape index (κ2) is 12.5. The van der Waals surface area contributed by atoms with Gasteiger partial charge in [0.05, 0.1) is 0 Å². The van der Waals surface area contributed by atoms with Gasteiger partial charge in [-0.2, -0.15) is 0 Å². The van der Waals surface area contributed by atoms with Gasteiger partial charge in [-0.05, 0) is 0 Å². The SMILES string of the molecule is Fc1c(F)c(F)c(B2C(c3ccccc3)=C(c3ccccc3)[Te]C(c3ccccc3)=C2c2c(F)c(F)c(F)c(F)c2F)c(F)c1F. The third-order valence-corrected chi connectivity index (χ3v) is 11.2. The summed E-state index contributed by atoms with van der Waals surface area (Å²) in [5.41, 5.74) is -3.15. The minimum atomic E-state index is -2.48. The summed E-state index contributed by atoms with van der Waals surface area (Å²) in [5, 5.41) is 0. The van der Waals surface area contributed by atoms with E-state index in [1.54, 1.807) is 42.5 Å². The van der Waals surface area contributed by atoms with E-state index in [0.29, 0.717) is 9.18 Å². The normalized spacial score (nSPS) is 13.6. The molecule has 0 unspecified atom stereocenters. The number of hydrogen-bond donors (Lipinski definition) is 0. The molecule has 0 aromatic heterocycles. The third kappa shape index (κ3) is 5.14. The van der Waals surface area contributed by atoms with Crippen LogP contribution >= 0.6 is 0 Å². The van der Waals surface area contributed by atoms with E-state index in [0.717, 1.165) is 0 Å². The predicted octanol–water partition coefficient (Wildman–Crippen LogP) is 8.71. The molecule has 46 heavy (non-hydrogen) atoms. The molecule has 0 saturated carbocycles. The molecular weight excluding hydrogens is 737 g/mol. The summed E-state index contributed by atoms with van der Waals surface area (Å²) < 4.78 is 152. The van der Waals surface area contributed by atoms with Crippen molar-refractivity contribution >= 4 is 51.3 Å². The fourth-order valence-electron chi connectivity index (χ4n) is 5.41. The first kappa shape index (κ1) is 31.7. The molecule has 5 aromatic rings. The Morgan fingerprint density at radius 2 is 0.674 bits per heavy atom. The molecule has 0 radical (unpaired) electrons. The first-order chi connectivity index (χ1) is 22.0. The fourth-order valence-corrected chi connectivity index (χ4v) is 9.37. The van der Waals surface area contributed by atoms with Gasteiger partial charge in [-0.1, -0.05) is 0 Å². The quantitative estimate of drug-likeness (QED) is 0.0730. The van der Waals surface area contributed by atoms with Crippen molar-refractivity contribution in [2.45, 2.75) is 0 Å². The average Bonchev–Trinajstić information content (AvgIpc) is 3.09. The minimum absolute atomic E-state index is 0.0401. The molecule has 230 valence electrons. The van der Waals surface area contributed by atoms with E-state index >= 15 is 17.6 Å². The van der Waals surface area contributed by atoms with E-state index in [2.05, 4.69) is 0 Å². The van der Waals surface area contributed by atoms with Gasteiger partial charge in [0.15, 0.2) is 0 Å². The Morgan fingerprint density at radius 1 is 0.348 bits per heavy atom. The zero-order valence-corrected chi connectivity index (χ0v) is 25.3. The van der Waals surface area contributed by atoms with Crippen LogP contribution in [0.25, 0.3) is 18.2 Å². The Kier molecular flexibility index (Phi) is 8.61. The molecule has 0 amide bonds. The molecule has 1 aliphatic rings. The molecule has 1 heterocycles. The van der Waals surface area contributed by atoms with Crippen molar-refractivity contribution in [2.24, 2.45) is 0 Å². The first-order valence-electron chi connectivity index (χ1n) is 13.4. The standard InChI is InChI=1S/C34H15BF10Te/c36-23-19(24(37)28(41)31(44)27(23)40)21-34(18-14-8-3-9-15-18)46-33(17-12-6-2-7-13-17)20(16-10-4-1-5-11-16)35(21)22-25(38)29(42)32(45)30(43)26(22)39/h1-15H. The van der Waals surface area contributed by atoms with Crippen molar-refractivity contribution in [3.63, 3.8) is 0 Å². The van der Waals surface area contributed by atoms with Crippen molar-refractivity contribution in [2.75, 3.05) is 0 Å². The van der Waals surface area contributed by atoms with Crippen molar-refractivity contribution < 1.29 is 43.9 Å². The van der Waals surface area contributed by atoms with E-state index in [-0.39, 0.29) is 20.2 Å². The summed E-state index contributed by atoms with van der Waals surface area (Å²) in [5.74, 6) is -23.6. The average molecular weight is 752 g/mol. The molecule has 0 nitrogen and oxygen atoms in total. The topological polar surface area (TPSA) is 0 Å². The van der Waals surface area contributed by atoms with Gasteiger partial charge in [0, 0.05) is 0 Å². The summed E-state index contributed by atoms with van der Waals surface area (Å²) in [7, 11) is 0. The van der Waals surface area contributed by atoms with Crippen LogP contribution in [0, 0.1) is 58.2 Å². The number of rotatable bonds is 5. The van der Waals surface area contributed by atoms with Gasteiger partial charge >= 0.3 is 267 Å². The van der Waals surface area contributed by atoms with Crippen LogP contribution in [0.5, 0.6) is 0 Å². The summed E-state index contributed by atoms with van der Waals surface area (Å²) in [6, 6.07) is 23.2. The van der Waals surface area contributed by atoms with Crippen LogP contribution < -0.4 is 5.46 Å². The van der Waals surface area contributed by atoms with Crippen LogP contribution in [0.15, 0.2) is 91.0 Å². The van der Waals surface area contributed by atoms with Crippen molar-refractivity contribution in [1.82, 2.24) is 0 Å². The monoisotopic (exact) mass is 754 g/mol. The Bertz CT molecular complexity index is 2010. The third-order valence-electron chi connectivity index (χ3n) is 7.44. The van der Waals surface area contributed by atoms with E-state index in [4.69, 9.17) is 0 Å². The molecule has 0 N–H and O–H groups in total. The van der Waals surface area contributed by atoms with Crippen LogP contribution in [0.1, 0.15) is 22.3 Å². The zero-order valence-electron chi connectivity index (χ0n) is 22.9. The van der Waals surface area contributed by atoms with Crippen LogP contribution in [-0.4, -0.2) is 27.6 Å². The van der Waals surface area contributed by atoms with Gasteiger partial charge in [-0.3, -0.25) is 0 Å². The maximum atomic E-state index is 15.9. The van der Waals surface area contributed by atoms with Gasteiger partial charge in [0.25, 0.3) is 0 Å². The molecule has 0 atom stereocenters. The Labute approximate surface area is 265 Å². The molecule has 5 aromatic carbocycles. The Balaban J connectivity index is 1.89. The second-order valence-electron chi connectivity index (χ2n) is 10.0. The Hall–Kier alpha value is -4.27. The number of halogens is 10. The maximum absolute atomic E-state index is 15.9. The second-order valence-corrected chi connectivity index (χ2v) is 13.0. The van der Waals surface area contributed by atoms with Crippen LogP contribution in [-0.2, 0) is 0 Å². The van der Waals surface area contributed by atoms with E-state index < -0.39 is 102 Å². The number of hydrogen-bond acceptors (Lipinski definition) is 0. The summed E-state index contributed by atoms with van der Waals surface area (Å²) in [4.78, 5) is 0. The summed E-state index contributed by atoms with van der Waals surface area (Å²) >= 11 is -2.00. The van der Waals surface area contributed by atoms with Crippen molar-refractivity contribution in [3.05, 3.63) is 171 Å². The van der Waals surface area contributed by atoms with E-state index in [1.807, 2.05) is 0 Å². The van der Waals surface area contributed by atoms with Gasteiger partial charge in [0.2, 0.25) is 0 Å². The van der Waals surface area contributed by atoms with Crippen LogP contribution in [0.3, 0.4) is 0 Å². The van der Waals surface area contributed by atoms with Crippen LogP contribution in [0.4, 0.5) is 43.9 Å². The zero-order chi connectivity index (χ0) is 32.9. The van der Waals surface area contributed by atoms with Crippen LogP contribution in [0.2, 0.25) is 0 Å². The molecule has 12 heteroatoms. The molecule has 0 bridgehead atoms. The van der Waals surface area contributed by atoms with Gasteiger partial charge in [0.1, 0.15) is 0 Å². The fraction of sp³-hybridized carbons (Fsp3) is 0. The molecule has 6 rings (SSSR count). The number of benzene rings is 5. The molecule has 0 fully saturated rings. The molecule has 0 aliphatic carbocycles. The summed E-state index contributed by atoms with van der Waals surface area (Å²) in [6.45, 7) is -2.25. The summed E-state index contributed by atoms with van der Waals surface area (Å²) in [6.07, 6.45) is 0. The van der Waals surface area contributed by atoms with Gasteiger partial charge in [-0.25, -0.2) is 0 Å².